The number of carboxylic acids is 1. The van der Waals surface area contributed by atoms with Crippen molar-refractivity contribution < 1.29 is 28.4 Å². The monoisotopic (exact) mass is 168 g/mol. The highest BCUT2D eigenvalue weighted by atomic mass is 31.2. The number of aliphatic carboxylic acids is 1. The Balaban J connectivity index is 3.68. The van der Waals surface area contributed by atoms with Crippen LogP contribution in [0.5, 0.6) is 0 Å². The highest BCUT2D eigenvalue weighted by Crippen LogP contribution is 2.36. The summed E-state index contributed by atoms with van der Waals surface area (Å²) in [5, 5.41) is 9.61. The lowest BCUT2D eigenvalue weighted by Crippen LogP contribution is -2.28. The number of phosphoric ester groups is 1. The molecule has 0 rings (SSSR count). The van der Waals surface area contributed by atoms with E-state index >= 15 is 0 Å². The Kier molecular flexibility index (Phi) is 3.52. The number of phosphoric acid groups is 1. The summed E-state index contributed by atoms with van der Waals surface area (Å²) in [5.74, 6) is -1.62. The molecule has 1 unspecified atom stereocenters. The second-order valence-corrected chi connectivity index (χ2v) is 2.79. The standard InChI is InChI=1S/C3H7O6P/c1-8-10(6,7)9-2-3(4)5/h2H2,1H3,(H,4,5)(H,6,7)/p-2. The van der Waals surface area contributed by atoms with Crippen LogP contribution in [0.2, 0.25) is 0 Å². The minimum atomic E-state index is -4.40. The van der Waals surface area contributed by atoms with E-state index in [9.17, 15) is 19.4 Å². The zero-order valence-electron chi connectivity index (χ0n) is 5.10. The van der Waals surface area contributed by atoms with Crippen molar-refractivity contribution in [2.45, 2.75) is 0 Å². The van der Waals surface area contributed by atoms with Crippen LogP contribution in [0.3, 0.4) is 0 Å². The van der Waals surface area contributed by atoms with Gasteiger partial charge in [0.15, 0.2) is 0 Å². The Bertz CT molecular complexity index is 164. The van der Waals surface area contributed by atoms with E-state index < -0.39 is 20.4 Å². The van der Waals surface area contributed by atoms with Gasteiger partial charge < -0.3 is 23.8 Å². The molecule has 7 heteroatoms. The number of carboxylic acid groups (broad SMARTS) is 1. The Morgan fingerprint density at radius 1 is 1.70 bits per heavy atom. The Labute approximate surface area is 57.0 Å². The molecule has 6 nitrogen and oxygen atoms in total. The van der Waals surface area contributed by atoms with Crippen LogP contribution in [0.4, 0.5) is 0 Å². The molecule has 0 amide bonds. The fourth-order valence-corrected chi connectivity index (χ4v) is 0.553. The molecule has 0 aromatic heterocycles. The van der Waals surface area contributed by atoms with Crippen LogP contribution in [-0.4, -0.2) is 19.7 Å². The molecular formula is C3H5O6P-2. The van der Waals surface area contributed by atoms with Gasteiger partial charge in [-0.3, -0.25) is 4.57 Å². The smallest absolute Gasteiger partial charge is 0.267 e. The Morgan fingerprint density at radius 2 is 2.20 bits per heavy atom. The summed E-state index contributed by atoms with van der Waals surface area (Å²) >= 11 is 0. The lowest BCUT2D eigenvalue weighted by molar-refractivity contribution is -0.310. The highest BCUT2D eigenvalue weighted by Gasteiger charge is 2.04. The molecule has 0 fully saturated rings. The molecule has 0 bridgehead atoms. The van der Waals surface area contributed by atoms with Gasteiger partial charge in [0.25, 0.3) is 7.82 Å². The normalized spacial score (nSPS) is 16.2. The molecule has 60 valence electrons. The summed E-state index contributed by atoms with van der Waals surface area (Å²) in [7, 11) is -3.53. The van der Waals surface area contributed by atoms with Crippen molar-refractivity contribution in [2.75, 3.05) is 13.7 Å². The molecule has 0 radical (unpaired) electrons. The summed E-state index contributed by atoms with van der Waals surface area (Å²) < 4.78 is 17.7. The molecule has 0 aromatic carbocycles. The summed E-state index contributed by atoms with van der Waals surface area (Å²) in [4.78, 5) is 19.8. The molecule has 0 N–H and O–H groups in total. The largest absolute Gasteiger partial charge is 0.756 e. The van der Waals surface area contributed by atoms with E-state index in [1.165, 1.54) is 0 Å². The van der Waals surface area contributed by atoms with Gasteiger partial charge in [0.05, 0.1) is 12.6 Å². The van der Waals surface area contributed by atoms with Gasteiger partial charge in [-0.25, -0.2) is 0 Å². The Morgan fingerprint density at radius 3 is 2.50 bits per heavy atom. The van der Waals surface area contributed by atoms with E-state index in [-0.39, 0.29) is 0 Å². The lowest BCUT2D eigenvalue weighted by atomic mass is 10.8. The van der Waals surface area contributed by atoms with Gasteiger partial charge in [0.2, 0.25) is 0 Å². The van der Waals surface area contributed by atoms with Crippen molar-refractivity contribution in [1.82, 2.24) is 0 Å². The molecule has 0 aliphatic heterocycles. The maximum atomic E-state index is 10.2. The molecule has 0 aromatic rings. The van der Waals surface area contributed by atoms with Gasteiger partial charge in [0.1, 0.15) is 0 Å². The number of carbonyl (C=O) groups excluding carboxylic acids is 1. The molecule has 0 aliphatic rings. The van der Waals surface area contributed by atoms with Crippen LogP contribution in [-0.2, 0) is 18.4 Å². The van der Waals surface area contributed by atoms with E-state index in [4.69, 9.17) is 0 Å². The molecule has 0 saturated heterocycles. The predicted molar refractivity (Wildman–Crippen MR) is 25.6 cm³/mol. The Hall–Kier alpha value is -0.420. The molecule has 0 aliphatic carbocycles. The van der Waals surface area contributed by atoms with Crippen molar-refractivity contribution in [3.8, 4) is 0 Å². The average Bonchev–Trinajstić information content (AvgIpc) is 1.85. The number of hydrogen-bond acceptors (Lipinski definition) is 6. The van der Waals surface area contributed by atoms with E-state index in [2.05, 4.69) is 9.05 Å². The summed E-state index contributed by atoms with van der Waals surface area (Å²) in [5.41, 5.74) is 0. The van der Waals surface area contributed by atoms with Crippen molar-refractivity contribution >= 4 is 13.8 Å². The van der Waals surface area contributed by atoms with Gasteiger partial charge in [-0.05, 0) is 0 Å². The first-order valence-electron chi connectivity index (χ1n) is 2.19. The maximum Gasteiger partial charge on any atom is 0.267 e. The molecule has 10 heavy (non-hydrogen) atoms. The summed E-state index contributed by atoms with van der Waals surface area (Å²) in [6, 6.07) is 0. The number of hydrogen-bond donors (Lipinski definition) is 0. The molecule has 0 spiro atoms. The van der Waals surface area contributed by atoms with Crippen LogP contribution < -0.4 is 10.00 Å². The van der Waals surface area contributed by atoms with Gasteiger partial charge in [-0.2, -0.15) is 0 Å². The van der Waals surface area contributed by atoms with E-state index in [1.54, 1.807) is 0 Å². The fraction of sp³-hybridized carbons (Fsp3) is 0.667. The first kappa shape index (κ1) is 9.58. The fourth-order valence-electron chi connectivity index (χ4n) is 0.184. The third-order valence-electron chi connectivity index (χ3n) is 0.564. The minimum Gasteiger partial charge on any atom is -0.756 e. The average molecular weight is 168 g/mol. The SMILES string of the molecule is COP(=O)([O-])OCC(=O)[O-]. The zero-order chi connectivity index (χ0) is 8.20. The number of carbonyl (C=O) groups is 1. The topological polar surface area (TPSA) is 98.7 Å². The zero-order valence-corrected chi connectivity index (χ0v) is 6.00. The molecule has 0 saturated carbocycles. The lowest BCUT2D eigenvalue weighted by Gasteiger charge is -2.19. The van der Waals surface area contributed by atoms with Gasteiger partial charge >= 0.3 is 0 Å². The first-order chi connectivity index (χ1) is 4.48. The van der Waals surface area contributed by atoms with Crippen molar-refractivity contribution in [2.24, 2.45) is 0 Å². The van der Waals surface area contributed by atoms with Crippen molar-refractivity contribution in [3.05, 3.63) is 0 Å². The summed E-state index contributed by atoms with van der Waals surface area (Å²) in [6.45, 7) is -1.02. The summed E-state index contributed by atoms with van der Waals surface area (Å²) in [6.07, 6.45) is 0. The van der Waals surface area contributed by atoms with Crippen LogP contribution in [0, 0.1) is 0 Å². The van der Waals surface area contributed by atoms with Gasteiger partial charge in [-0.1, -0.05) is 0 Å². The van der Waals surface area contributed by atoms with Crippen molar-refractivity contribution in [3.63, 3.8) is 0 Å². The predicted octanol–water partition coefficient (Wildman–Crippen LogP) is -2.13. The number of rotatable bonds is 4. The molecular weight excluding hydrogens is 163 g/mol. The second kappa shape index (κ2) is 3.68. The van der Waals surface area contributed by atoms with E-state index in [1.807, 2.05) is 0 Å². The highest BCUT2D eigenvalue weighted by molar-refractivity contribution is 7.45. The van der Waals surface area contributed by atoms with E-state index in [0.717, 1.165) is 7.11 Å². The molecule has 0 heterocycles. The van der Waals surface area contributed by atoms with E-state index in [0.29, 0.717) is 0 Å². The molecule has 1 atom stereocenters. The minimum absolute atomic E-state index is 0.864. The third kappa shape index (κ3) is 4.46. The van der Waals surface area contributed by atoms with Crippen LogP contribution in [0.1, 0.15) is 0 Å². The van der Waals surface area contributed by atoms with Gasteiger partial charge in [-0.15, -0.1) is 0 Å². The van der Waals surface area contributed by atoms with Crippen LogP contribution in [0.25, 0.3) is 0 Å². The van der Waals surface area contributed by atoms with Crippen molar-refractivity contribution in [1.29, 1.82) is 0 Å². The maximum absolute atomic E-state index is 10.2. The van der Waals surface area contributed by atoms with Crippen LogP contribution in [0.15, 0.2) is 0 Å². The van der Waals surface area contributed by atoms with Gasteiger partial charge in [0, 0.05) is 7.11 Å². The third-order valence-corrected chi connectivity index (χ3v) is 1.46. The van der Waals surface area contributed by atoms with Crippen LogP contribution >= 0.6 is 7.82 Å². The first-order valence-corrected chi connectivity index (χ1v) is 3.65. The quantitative estimate of drug-likeness (QED) is 0.444. The second-order valence-electron chi connectivity index (χ2n) is 1.28.